The minimum absolute atomic E-state index is 0.0310. The van der Waals surface area contributed by atoms with E-state index in [1.165, 1.54) is 0 Å². The van der Waals surface area contributed by atoms with Crippen molar-refractivity contribution in [2.24, 2.45) is 0 Å². The van der Waals surface area contributed by atoms with Crippen molar-refractivity contribution in [1.29, 1.82) is 0 Å². The van der Waals surface area contributed by atoms with Gasteiger partial charge in [-0.05, 0) is 20.3 Å². The monoisotopic (exact) mass is 201 g/mol. The molecule has 0 bridgehead atoms. The number of ether oxygens (including phenoxy) is 1. The van der Waals surface area contributed by atoms with Crippen LogP contribution >= 0.6 is 0 Å². The average Bonchev–Trinajstić information content (AvgIpc) is 2.18. The molecule has 0 aliphatic carbocycles. The molecule has 1 atom stereocenters. The van der Waals surface area contributed by atoms with E-state index in [0.717, 1.165) is 12.7 Å². The highest BCUT2D eigenvalue weighted by molar-refractivity contribution is 5.68. The highest BCUT2D eigenvalue weighted by Gasteiger charge is 2.20. The van der Waals surface area contributed by atoms with Crippen molar-refractivity contribution in [3.63, 3.8) is 0 Å². The number of hydrogen-bond donors (Lipinski definition) is 0. The molecule has 0 aromatic rings. The third-order valence-corrected chi connectivity index (χ3v) is 2.12. The van der Waals surface area contributed by atoms with E-state index in [1.54, 1.807) is 11.8 Å². The van der Waals surface area contributed by atoms with Crippen LogP contribution in [0.25, 0.3) is 0 Å². The topological polar surface area (TPSA) is 46.6 Å². The largest absolute Gasteiger partial charge is 0.450 e. The zero-order valence-electron chi connectivity index (χ0n) is 9.16. The highest BCUT2D eigenvalue weighted by atomic mass is 16.6. The Morgan fingerprint density at radius 3 is 2.43 bits per heavy atom. The summed E-state index contributed by atoms with van der Waals surface area (Å²) in [7, 11) is 0. The van der Waals surface area contributed by atoms with Gasteiger partial charge in [0, 0.05) is 19.0 Å². The summed E-state index contributed by atoms with van der Waals surface area (Å²) in [5.41, 5.74) is 0. The maximum absolute atomic E-state index is 11.4. The van der Waals surface area contributed by atoms with Gasteiger partial charge in [0.2, 0.25) is 0 Å². The van der Waals surface area contributed by atoms with Crippen molar-refractivity contribution in [2.75, 3.05) is 13.2 Å². The van der Waals surface area contributed by atoms with Crippen molar-refractivity contribution in [1.82, 2.24) is 4.90 Å². The summed E-state index contributed by atoms with van der Waals surface area (Å²) in [6.07, 6.45) is 1.66. The Bertz CT molecular complexity index is 182. The lowest BCUT2D eigenvalue weighted by Crippen LogP contribution is -2.40. The van der Waals surface area contributed by atoms with Crippen LogP contribution in [-0.4, -0.2) is 36.5 Å². The molecule has 1 unspecified atom stereocenters. The molecule has 0 aliphatic heterocycles. The van der Waals surface area contributed by atoms with E-state index in [4.69, 9.17) is 4.74 Å². The molecule has 0 spiro atoms. The summed E-state index contributed by atoms with van der Waals surface area (Å²) in [4.78, 5) is 23.4. The van der Waals surface area contributed by atoms with Crippen LogP contribution in [0, 0.1) is 0 Å². The lowest BCUT2D eigenvalue weighted by atomic mass is 10.1. The average molecular weight is 201 g/mol. The second kappa shape index (κ2) is 7.35. The Hall–Kier alpha value is -1.06. The molecular formula is C10H19NO3. The predicted molar refractivity (Wildman–Crippen MR) is 54.2 cm³/mol. The summed E-state index contributed by atoms with van der Waals surface area (Å²) >= 11 is 0. The van der Waals surface area contributed by atoms with Gasteiger partial charge in [0.1, 0.15) is 6.29 Å². The normalized spacial score (nSPS) is 11.9. The fourth-order valence-electron chi connectivity index (χ4n) is 1.37. The van der Waals surface area contributed by atoms with E-state index in [-0.39, 0.29) is 12.1 Å². The number of amides is 1. The third kappa shape index (κ3) is 3.77. The fraction of sp³-hybridized carbons (Fsp3) is 0.800. The van der Waals surface area contributed by atoms with E-state index < -0.39 is 0 Å². The first-order valence-corrected chi connectivity index (χ1v) is 5.08. The Kier molecular flexibility index (Phi) is 6.80. The van der Waals surface area contributed by atoms with Gasteiger partial charge in [-0.2, -0.15) is 0 Å². The summed E-state index contributed by atoms with van der Waals surface area (Å²) in [6, 6.07) is -0.0310. The SMILES string of the molecule is CCOC(=O)N(CC)C(CC)CC=O. The molecule has 0 rings (SSSR count). The second-order valence-corrected chi connectivity index (χ2v) is 2.95. The van der Waals surface area contributed by atoms with Crippen LogP contribution in [0.2, 0.25) is 0 Å². The smallest absolute Gasteiger partial charge is 0.409 e. The third-order valence-electron chi connectivity index (χ3n) is 2.12. The molecule has 0 fully saturated rings. The lowest BCUT2D eigenvalue weighted by Gasteiger charge is -2.27. The maximum atomic E-state index is 11.4. The molecule has 4 heteroatoms. The van der Waals surface area contributed by atoms with Crippen LogP contribution in [0.4, 0.5) is 4.79 Å². The van der Waals surface area contributed by atoms with Gasteiger partial charge >= 0.3 is 6.09 Å². The van der Waals surface area contributed by atoms with Crippen molar-refractivity contribution in [3.8, 4) is 0 Å². The first-order chi connectivity index (χ1) is 6.71. The van der Waals surface area contributed by atoms with Crippen molar-refractivity contribution in [3.05, 3.63) is 0 Å². The molecule has 0 heterocycles. The van der Waals surface area contributed by atoms with Gasteiger partial charge in [0.05, 0.1) is 6.61 Å². The molecule has 0 aliphatic rings. The molecule has 0 saturated carbocycles. The van der Waals surface area contributed by atoms with Crippen LogP contribution in [0.15, 0.2) is 0 Å². The van der Waals surface area contributed by atoms with Gasteiger partial charge < -0.3 is 14.4 Å². The molecular weight excluding hydrogens is 182 g/mol. The predicted octanol–water partition coefficient (Wildman–Crippen LogP) is 1.83. The number of carbonyl (C=O) groups is 2. The number of nitrogens with zero attached hydrogens (tertiary/aromatic N) is 1. The molecule has 4 nitrogen and oxygen atoms in total. The maximum Gasteiger partial charge on any atom is 0.409 e. The first kappa shape index (κ1) is 12.9. The Labute approximate surface area is 85.2 Å². The number of hydrogen-bond acceptors (Lipinski definition) is 3. The molecule has 0 saturated heterocycles. The highest BCUT2D eigenvalue weighted by Crippen LogP contribution is 2.08. The molecule has 0 N–H and O–H groups in total. The van der Waals surface area contributed by atoms with Crippen LogP contribution < -0.4 is 0 Å². The first-order valence-electron chi connectivity index (χ1n) is 5.08. The standard InChI is InChI=1S/C10H19NO3/c1-4-9(7-8-12)11(5-2)10(13)14-6-3/h8-9H,4-7H2,1-3H3. The van der Waals surface area contributed by atoms with Crippen molar-refractivity contribution >= 4 is 12.4 Å². The molecule has 0 radical (unpaired) electrons. The van der Waals surface area contributed by atoms with Crippen LogP contribution in [-0.2, 0) is 9.53 Å². The number of rotatable bonds is 6. The van der Waals surface area contributed by atoms with Gasteiger partial charge in [-0.25, -0.2) is 4.79 Å². The summed E-state index contributed by atoms with van der Waals surface area (Å²) in [5, 5.41) is 0. The van der Waals surface area contributed by atoms with Crippen LogP contribution in [0.3, 0.4) is 0 Å². The van der Waals surface area contributed by atoms with E-state index in [0.29, 0.717) is 19.6 Å². The molecule has 82 valence electrons. The van der Waals surface area contributed by atoms with Gasteiger partial charge in [-0.15, -0.1) is 0 Å². The zero-order valence-corrected chi connectivity index (χ0v) is 9.16. The lowest BCUT2D eigenvalue weighted by molar-refractivity contribution is -0.108. The summed E-state index contributed by atoms with van der Waals surface area (Å²) < 4.78 is 4.90. The van der Waals surface area contributed by atoms with E-state index in [2.05, 4.69) is 0 Å². The second-order valence-electron chi connectivity index (χ2n) is 2.95. The van der Waals surface area contributed by atoms with E-state index in [1.807, 2.05) is 13.8 Å². The van der Waals surface area contributed by atoms with Crippen LogP contribution in [0.5, 0.6) is 0 Å². The molecule has 14 heavy (non-hydrogen) atoms. The number of aldehydes is 1. The van der Waals surface area contributed by atoms with E-state index >= 15 is 0 Å². The van der Waals surface area contributed by atoms with E-state index in [9.17, 15) is 9.59 Å². The van der Waals surface area contributed by atoms with Gasteiger partial charge in [-0.3, -0.25) is 0 Å². The molecule has 0 aromatic carbocycles. The summed E-state index contributed by atoms with van der Waals surface area (Å²) in [5.74, 6) is 0. The zero-order chi connectivity index (χ0) is 11.0. The van der Waals surface area contributed by atoms with Gasteiger partial charge in [-0.1, -0.05) is 6.92 Å². The van der Waals surface area contributed by atoms with Crippen molar-refractivity contribution in [2.45, 2.75) is 39.7 Å². The summed E-state index contributed by atoms with van der Waals surface area (Å²) in [6.45, 7) is 6.55. The molecule has 0 aromatic heterocycles. The minimum atomic E-state index is -0.330. The fourth-order valence-corrected chi connectivity index (χ4v) is 1.37. The van der Waals surface area contributed by atoms with Gasteiger partial charge in [0.15, 0.2) is 0 Å². The quantitative estimate of drug-likeness (QED) is 0.616. The number of carbonyl (C=O) groups excluding carboxylic acids is 2. The Morgan fingerprint density at radius 2 is 2.07 bits per heavy atom. The van der Waals surface area contributed by atoms with Crippen molar-refractivity contribution < 1.29 is 14.3 Å². The Balaban J connectivity index is 4.33. The van der Waals surface area contributed by atoms with Crippen LogP contribution in [0.1, 0.15) is 33.6 Å². The minimum Gasteiger partial charge on any atom is -0.450 e. The molecule has 1 amide bonds. The van der Waals surface area contributed by atoms with Gasteiger partial charge in [0.25, 0.3) is 0 Å². The Morgan fingerprint density at radius 1 is 1.43 bits per heavy atom.